The zero-order valence-electron chi connectivity index (χ0n) is 17.5. The van der Waals surface area contributed by atoms with E-state index in [0.29, 0.717) is 11.3 Å². The number of halogens is 1. The van der Waals surface area contributed by atoms with Gasteiger partial charge in [0.2, 0.25) is 15.9 Å². The Labute approximate surface area is 181 Å². The maximum atomic E-state index is 13.2. The molecule has 1 saturated heterocycles. The summed E-state index contributed by atoms with van der Waals surface area (Å²) in [5, 5.41) is 10.00. The fraction of sp³-hybridized carbons (Fsp3) is 0.409. The third-order valence-corrected chi connectivity index (χ3v) is 6.63. The maximum absolute atomic E-state index is 13.2. The summed E-state index contributed by atoms with van der Waals surface area (Å²) in [6, 6.07) is 11.9. The monoisotopic (exact) mass is 450 g/mol. The molecule has 1 amide bonds. The zero-order chi connectivity index (χ0) is 22.6. The van der Waals surface area contributed by atoms with Gasteiger partial charge < -0.3 is 14.7 Å². The number of aliphatic hydroxyl groups excluding tert-OH is 1. The lowest BCUT2D eigenvalue weighted by Gasteiger charge is -2.40. The van der Waals surface area contributed by atoms with Crippen molar-refractivity contribution in [3.05, 3.63) is 65.5 Å². The number of anilines is 1. The number of carbonyl (C=O) groups is 1. The van der Waals surface area contributed by atoms with Crippen LogP contribution in [0.5, 0.6) is 0 Å². The Balaban J connectivity index is 1.76. The molecular formula is C22H27FN2O5S. The average molecular weight is 451 g/mol. The molecule has 2 unspecified atom stereocenters. The lowest BCUT2D eigenvalue weighted by atomic mass is 9.98. The van der Waals surface area contributed by atoms with Gasteiger partial charge in [-0.2, -0.15) is 0 Å². The summed E-state index contributed by atoms with van der Waals surface area (Å²) in [4.78, 5) is 14.0. The number of aliphatic hydroxyl groups is 1. The van der Waals surface area contributed by atoms with Gasteiger partial charge in [-0.3, -0.25) is 9.52 Å². The second-order valence-electron chi connectivity index (χ2n) is 8.03. The predicted octanol–water partition coefficient (Wildman–Crippen LogP) is 2.68. The molecule has 31 heavy (non-hydrogen) atoms. The standard InChI is InChI=1S/C22H27FN2O5S/c1-15(2)14-31(28,29)24-19-9-5-17(6-10-19)22-20(12-26)25(21(27)13-30-22)11-16-3-7-18(23)8-4-16/h3-10,15,20,22,24,26H,11-14H2,1-2H3. The molecule has 7 nitrogen and oxygen atoms in total. The number of nitrogens with zero attached hydrogens (tertiary/aromatic N) is 1. The van der Waals surface area contributed by atoms with E-state index in [1.807, 2.05) is 13.8 Å². The van der Waals surface area contributed by atoms with Crippen molar-refractivity contribution in [2.75, 3.05) is 23.7 Å². The number of nitrogens with one attached hydrogen (secondary N) is 1. The SMILES string of the molecule is CC(C)CS(=O)(=O)Nc1ccc(C2OCC(=O)N(Cc3ccc(F)cc3)C2CO)cc1. The van der Waals surface area contributed by atoms with Gasteiger partial charge in [0, 0.05) is 12.2 Å². The number of benzene rings is 2. The third-order valence-electron chi connectivity index (χ3n) is 4.98. The van der Waals surface area contributed by atoms with Crippen molar-refractivity contribution >= 4 is 21.6 Å². The molecule has 0 spiro atoms. The number of carbonyl (C=O) groups excluding carboxylic acids is 1. The van der Waals surface area contributed by atoms with Crippen LogP contribution in [-0.4, -0.2) is 49.3 Å². The summed E-state index contributed by atoms with van der Waals surface area (Å²) in [7, 11) is -3.44. The number of hydrogen-bond donors (Lipinski definition) is 2. The first-order valence-electron chi connectivity index (χ1n) is 10.1. The molecule has 3 rings (SSSR count). The van der Waals surface area contributed by atoms with Crippen LogP contribution in [0.3, 0.4) is 0 Å². The summed E-state index contributed by atoms with van der Waals surface area (Å²) in [5.74, 6) is -0.606. The molecule has 2 aromatic rings. The van der Waals surface area contributed by atoms with Gasteiger partial charge in [0.1, 0.15) is 18.5 Å². The molecule has 168 valence electrons. The van der Waals surface area contributed by atoms with Gasteiger partial charge in [0.05, 0.1) is 18.4 Å². The summed E-state index contributed by atoms with van der Waals surface area (Å²) in [6.45, 7) is 3.41. The van der Waals surface area contributed by atoms with Crippen LogP contribution in [0.2, 0.25) is 0 Å². The Morgan fingerprint density at radius 1 is 1.16 bits per heavy atom. The molecule has 1 aliphatic rings. The molecule has 2 atom stereocenters. The van der Waals surface area contributed by atoms with Crippen LogP contribution >= 0.6 is 0 Å². The number of rotatable bonds is 8. The van der Waals surface area contributed by atoms with Crippen molar-refractivity contribution in [2.45, 2.75) is 32.5 Å². The highest BCUT2D eigenvalue weighted by molar-refractivity contribution is 7.92. The first-order chi connectivity index (χ1) is 14.7. The minimum atomic E-state index is -3.44. The van der Waals surface area contributed by atoms with E-state index in [4.69, 9.17) is 4.74 Å². The Hall–Kier alpha value is -2.49. The van der Waals surface area contributed by atoms with Crippen molar-refractivity contribution < 1.29 is 27.4 Å². The average Bonchev–Trinajstić information content (AvgIpc) is 2.70. The number of sulfonamides is 1. The maximum Gasteiger partial charge on any atom is 0.249 e. The van der Waals surface area contributed by atoms with Crippen molar-refractivity contribution in [3.8, 4) is 0 Å². The van der Waals surface area contributed by atoms with Crippen molar-refractivity contribution in [1.29, 1.82) is 0 Å². The second kappa shape index (κ2) is 9.76. The summed E-state index contributed by atoms with van der Waals surface area (Å²) >= 11 is 0. The van der Waals surface area contributed by atoms with E-state index in [9.17, 15) is 22.7 Å². The molecule has 2 aromatic carbocycles. The number of ether oxygens (including phenoxy) is 1. The van der Waals surface area contributed by atoms with E-state index < -0.39 is 22.2 Å². The van der Waals surface area contributed by atoms with E-state index in [-0.39, 0.29) is 43.2 Å². The minimum Gasteiger partial charge on any atom is -0.394 e. The lowest BCUT2D eigenvalue weighted by molar-refractivity contribution is -0.162. The molecule has 0 aromatic heterocycles. The minimum absolute atomic E-state index is 0.00218. The molecule has 1 aliphatic heterocycles. The van der Waals surface area contributed by atoms with Gasteiger partial charge in [0.15, 0.2) is 0 Å². The van der Waals surface area contributed by atoms with E-state index in [1.54, 1.807) is 36.4 Å². The van der Waals surface area contributed by atoms with Crippen molar-refractivity contribution in [1.82, 2.24) is 4.90 Å². The normalized spacial score (nSPS) is 19.6. The van der Waals surface area contributed by atoms with Gasteiger partial charge in [-0.1, -0.05) is 38.1 Å². The largest absolute Gasteiger partial charge is 0.394 e. The summed E-state index contributed by atoms with van der Waals surface area (Å²) < 4.78 is 45.7. The van der Waals surface area contributed by atoms with Crippen LogP contribution in [0.4, 0.5) is 10.1 Å². The zero-order valence-corrected chi connectivity index (χ0v) is 18.3. The Kier molecular flexibility index (Phi) is 7.30. The van der Waals surface area contributed by atoms with Crippen LogP contribution < -0.4 is 4.72 Å². The van der Waals surface area contributed by atoms with E-state index in [2.05, 4.69) is 4.72 Å². The second-order valence-corrected chi connectivity index (χ2v) is 9.80. The molecular weight excluding hydrogens is 423 g/mol. The molecule has 0 radical (unpaired) electrons. The van der Waals surface area contributed by atoms with Gasteiger partial charge >= 0.3 is 0 Å². The van der Waals surface area contributed by atoms with Crippen LogP contribution in [0.1, 0.15) is 31.1 Å². The Bertz CT molecular complexity index is 994. The first kappa shape index (κ1) is 23.2. The highest BCUT2D eigenvalue weighted by Gasteiger charge is 2.37. The quantitative estimate of drug-likeness (QED) is 0.645. The molecule has 9 heteroatoms. The molecule has 0 aliphatic carbocycles. The van der Waals surface area contributed by atoms with Crippen LogP contribution in [0.15, 0.2) is 48.5 Å². The van der Waals surface area contributed by atoms with Gasteiger partial charge in [-0.15, -0.1) is 0 Å². The van der Waals surface area contributed by atoms with Crippen LogP contribution in [0, 0.1) is 11.7 Å². The first-order valence-corrected chi connectivity index (χ1v) is 11.7. The third kappa shape index (κ3) is 6.03. The molecule has 1 fully saturated rings. The molecule has 0 bridgehead atoms. The fourth-order valence-electron chi connectivity index (χ4n) is 3.61. The topological polar surface area (TPSA) is 95.9 Å². The van der Waals surface area contributed by atoms with Crippen molar-refractivity contribution in [3.63, 3.8) is 0 Å². The lowest BCUT2D eigenvalue weighted by Crippen LogP contribution is -2.52. The van der Waals surface area contributed by atoms with Gasteiger partial charge in [-0.05, 0) is 41.3 Å². The summed E-state index contributed by atoms with van der Waals surface area (Å²) in [6.07, 6.45) is -0.579. The Morgan fingerprint density at radius 3 is 2.39 bits per heavy atom. The molecule has 2 N–H and O–H groups in total. The molecule has 1 heterocycles. The molecule has 0 saturated carbocycles. The highest BCUT2D eigenvalue weighted by Crippen LogP contribution is 2.31. The predicted molar refractivity (Wildman–Crippen MR) is 115 cm³/mol. The number of morpholine rings is 1. The van der Waals surface area contributed by atoms with Crippen LogP contribution in [0.25, 0.3) is 0 Å². The van der Waals surface area contributed by atoms with E-state index >= 15 is 0 Å². The van der Waals surface area contributed by atoms with E-state index in [1.165, 1.54) is 17.0 Å². The van der Waals surface area contributed by atoms with Crippen molar-refractivity contribution in [2.24, 2.45) is 5.92 Å². The summed E-state index contributed by atoms with van der Waals surface area (Å²) in [5.41, 5.74) is 1.88. The van der Waals surface area contributed by atoms with E-state index in [0.717, 1.165) is 5.56 Å². The van der Waals surface area contributed by atoms with Crippen LogP contribution in [-0.2, 0) is 26.1 Å². The smallest absolute Gasteiger partial charge is 0.249 e. The Morgan fingerprint density at radius 2 is 1.81 bits per heavy atom. The fourth-order valence-corrected chi connectivity index (χ4v) is 5.07. The highest BCUT2D eigenvalue weighted by atomic mass is 32.2. The number of amides is 1. The number of hydrogen-bond acceptors (Lipinski definition) is 5. The van der Waals surface area contributed by atoms with Gasteiger partial charge in [0.25, 0.3) is 0 Å². The van der Waals surface area contributed by atoms with Gasteiger partial charge in [-0.25, -0.2) is 12.8 Å².